The molecule has 2 aliphatic rings. The van der Waals surface area contributed by atoms with Crippen molar-refractivity contribution in [3.05, 3.63) is 35.9 Å². The molecule has 1 unspecified atom stereocenters. The smallest absolute Gasteiger partial charge is 0.329 e. The van der Waals surface area contributed by atoms with Gasteiger partial charge in [-0.25, -0.2) is 9.18 Å². The molecular weight excluding hydrogens is 1140 g/mol. The van der Waals surface area contributed by atoms with Crippen LogP contribution in [0.3, 0.4) is 0 Å². The Labute approximate surface area is 517 Å². The fraction of sp³-hybridized carbons (Fsp3) is 0.719. The Bertz CT molecular complexity index is 2560. The molecule has 1 aliphatic carbocycles. The van der Waals surface area contributed by atoms with Crippen LogP contribution in [0.2, 0.25) is 0 Å². The maximum absolute atomic E-state index is 14.5. The topological polar surface area (TPSA) is 379 Å². The van der Waals surface area contributed by atoms with Crippen LogP contribution in [-0.2, 0) is 68.7 Å². The summed E-state index contributed by atoms with van der Waals surface area (Å²) in [6.45, 7) is 14.9. The molecule has 7 amide bonds. The van der Waals surface area contributed by atoms with Crippen molar-refractivity contribution in [3.63, 3.8) is 0 Å². The van der Waals surface area contributed by atoms with Crippen molar-refractivity contribution in [1.82, 2.24) is 31.9 Å². The van der Waals surface area contributed by atoms with E-state index in [1.807, 2.05) is 37.3 Å². The molecule has 1 aliphatic heterocycles. The van der Waals surface area contributed by atoms with Crippen LogP contribution in [0.5, 0.6) is 0 Å². The second kappa shape index (κ2) is 36.8. The highest BCUT2D eigenvalue weighted by molar-refractivity contribution is 6.01. The summed E-state index contributed by atoms with van der Waals surface area (Å²) in [6, 6.07) is 2.73. The molecule has 2 fully saturated rings. The van der Waals surface area contributed by atoms with Crippen LogP contribution in [0.4, 0.5) is 4.39 Å². The van der Waals surface area contributed by atoms with Crippen molar-refractivity contribution >= 4 is 70.5 Å². The number of esters is 1. The molecule has 88 heavy (non-hydrogen) atoms. The number of ketones is 4. The molecule has 1 spiro atoms. The number of nitrogens with two attached hydrogens (primary N) is 2. The number of aliphatic hydroxyl groups is 2. The van der Waals surface area contributed by atoms with Crippen molar-refractivity contribution < 1.29 is 76.9 Å². The van der Waals surface area contributed by atoms with E-state index < -0.39 is 205 Å². The van der Waals surface area contributed by atoms with Crippen molar-refractivity contribution in [3.8, 4) is 0 Å². The normalized spacial score (nSPS) is 23.5. The number of hydrogen-bond acceptors (Lipinski definition) is 16. The van der Waals surface area contributed by atoms with Gasteiger partial charge in [0.15, 0.2) is 23.1 Å². The van der Waals surface area contributed by atoms with Crippen LogP contribution >= 0.6 is 0 Å². The Morgan fingerprint density at radius 3 is 1.86 bits per heavy atom. The number of rotatable bonds is 37. The molecule has 0 aromatic heterocycles. The number of halogens is 1. The number of carbonyl (C=O) groups excluding carboxylic acids is 12. The highest BCUT2D eigenvalue weighted by Crippen LogP contribution is 2.48. The lowest BCUT2D eigenvalue weighted by atomic mass is 9.83. The summed E-state index contributed by atoms with van der Waals surface area (Å²) in [5.74, 6) is -16.7. The van der Waals surface area contributed by atoms with Gasteiger partial charge in [-0.05, 0) is 101 Å². The van der Waals surface area contributed by atoms with Crippen LogP contribution in [0.15, 0.2) is 30.3 Å². The largest absolute Gasteiger partial charge is 0.458 e. The molecule has 23 nitrogen and oxygen atoms in total. The lowest BCUT2D eigenvalue weighted by Crippen LogP contribution is -2.57. The first kappa shape index (κ1) is 75.7. The summed E-state index contributed by atoms with van der Waals surface area (Å²) in [4.78, 5) is 167. The van der Waals surface area contributed by atoms with Crippen LogP contribution in [0.25, 0.3) is 0 Å². The van der Waals surface area contributed by atoms with Crippen molar-refractivity contribution in [2.24, 2.45) is 64.7 Å². The molecule has 1 saturated heterocycles. The van der Waals surface area contributed by atoms with E-state index in [9.17, 15) is 72.1 Å². The zero-order valence-electron chi connectivity index (χ0n) is 53.3. The Hall–Kier alpha value is -6.53. The minimum Gasteiger partial charge on any atom is -0.458 e. The lowest BCUT2D eigenvalue weighted by Gasteiger charge is -2.30. The maximum Gasteiger partial charge on any atom is 0.329 e. The first-order valence-corrected chi connectivity index (χ1v) is 31.6. The van der Waals surface area contributed by atoms with E-state index in [0.717, 1.165) is 5.56 Å². The highest BCUT2D eigenvalue weighted by atomic mass is 19.1. The molecule has 0 radical (unpaired) electrons. The number of amides is 7. The summed E-state index contributed by atoms with van der Waals surface area (Å²) in [7, 11) is 0. The first-order valence-electron chi connectivity index (χ1n) is 31.6. The van der Waals surface area contributed by atoms with E-state index in [1.54, 1.807) is 41.5 Å². The number of cyclic esters (lactones) is 1. The van der Waals surface area contributed by atoms with Crippen LogP contribution < -0.4 is 43.4 Å². The molecule has 3 rings (SSSR count). The van der Waals surface area contributed by atoms with E-state index in [0.29, 0.717) is 51.5 Å². The standard InChI is InChI=1S/C64H101FN8O15/c1-11-35(5)46(31-50(77)48(23-24-53(67)80)69-59(83)43(33-74)29-49(76)47(22-18-19-25-66)68-58(82)42(14-4)28-41-20-16-15-17-21-41)61(85)70-54(36(6)12-2)52(79)30-44(34-75)60(84)71-56-40(10)88-62(86)55(37(7)13-3)72-63(87)64(32-45(64)27-39(9)65)73-57(81)38(8)26-51(56)78/h15-17,20-21,35-40,42-48,54-56,74-75H,11-14,18-19,22-34,66H2,1-10H3,(H2,67,80)(H,68,82)(H,69,83)(H,70,85)(H,71,84)(H,72,87)(H,73,81)/t35-,36-,37-,38+,39?,40-,42+,43-,44-,45+,46+,47-,48+,54-,55-,56+,64+/m0/s1. The van der Waals surface area contributed by atoms with Gasteiger partial charge in [-0.3, -0.25) is 52.7 Å². The summed E-state index contributed by atoms with van der Waals surface area (Å²) < 4.78 is 20.0. The Morgan fingerprint density at radius 1 is 0.727 bits per heavy atom. The summed E-state index contributed by atoms with van der Waals surface area (Å²) in [6.07, 6.45) is -2.39. The molecule has 17 atom stereocenters. The minimum absolute atomic E-state index is 0.0481. The maximum atomic E-state index is 14.5. The third-order valence-electron chi connectivity index (χ3n) is 17.8. The van der Waals surface area contributed by atoms with Gasteiger partial charge in [-0.15, -0.1) is 0 Å². The summed E-state index contributed by atoms with van der Waals surface area (Å²) in [5.41, 5.74) is 10.6. The number of aliphatic hydroxyl groups excluding tert-OH is 2. The van der Waals surface area contributed by atoms with Crippen molar-refractivity contribution in [2.75, 3.05) is 19.8 Å². The Morgan fingerprint density at radius 2 is 1.31 bits per heavy atom. The SMILES string of the molecule is CC[C@H](Cc1ccccc1)C(=O)N[C@@H](CCCCN)C(=O)C[C@@H](CO)C(=O)N[C@H](CCC(N)=O)C(=O)C[C@@H](C(=O)N[C@H](C(=O)C[C@@H](CO)C(=O)N[C@H]1C(=O)C[C@@H](C)C(=O)N[C@@]2(C[C@H]2CC(C)F)C(=O)N[C@@H]([C@@H](C)CC)C(=O)O[C@H]1C)[C@@H](C)CC)[C@@H](C)CC. The molecule has 494 valence electrons. The predicted molar refractivity (Wildman–Crippen MR) is 325 cm³/mol. The zero-order valence-corrected chi connectivity index (χ0v) is 53.3. The fourth-order valence-electron chi connectivity index (χ4n) is 11.1. The number of ether oxygens (including phenoxy) is 1. The second-order valence-electron chi connectivity index (χ2n) is 24.8. The zero-order chi connectivity index (χ0) is 66.2. The second-order valence-corrected chi connectivity index (χ2v) is 24.8. The average molecular weight is 1240 g/mol. The number of hydrogen-bond donors (Lipinski definition) is 10. The van der Waals surface area contributed by atoms with Crippen LogP contribution in [0, 0.1) is 53.3 Å². The number of benzene rings is 1. The number of alkyl halides is 1. The highest BCUT2D eigenvalue weighted by Gasteiger charge is 2.62. The average Bonchev–Trinajstić information content (AvgIpc) is 1.69. The van der Waals surface area contributed by atoms with Gasteiger partial charge in [-0.2, -0.15) is 0 Å². The predicted octanol–water partition coefficient (Wildman–Crippen LogP) is 3.09. The van der Waals surface area contributed by atoms with Gasteiger partial charge in [0.1, 0.15) is 23.7 Å². The van der Waals surface area contributed by atoms with Crippen LogP contribution in [-0.4, -0.2) is 148 Å². The molecule has 1 heterocycles. The van der Waals surface area contributed by atoms with E-state index in [2.05, 4.69) is 31.9 Å². The Kier molecular flexibility index (Phi) is 31.7. The number of nitrogens with one attached hydrogen (secondary N) is 6. The fourth-order valence-corrected chi connectivity index (χ4v) is 11.1. The monoisotopic (exact) mass is 1240 g/mol. The molecule has 1 aromatic rings. The molecule has 1 saturated carbocycles. The lowest BCUT2D eigenvalue weighted by molar-refractivity contribution is -0.157. The third kappa shape index (κ3) is 22.5. The van der Waals surface area contributed by atoms with Gasteiger partial charge in [-0.1, -0.05) is 105 Å². The molecule has 1 aromatic carbocycles. The number of primary amides is 1. The van der Waals surface area contributed by atoms with Gasteiger partial charge >= 0.3 is 5.97 Å². The van der Waals surface area contributed by atoms with E-state index in [-0.39, 0.29) is 38.0 Å². The van der Waals surface area contributed by atoms with Crippen molar-refractivity contribution in [1.29, 1.82) is 0 Å². The van der Waals surface area contributed by atoms with Crippen LogP contribution in [0.1, 0.15) is 171 Å². The van der Waals surface area contributed by atoms with Gasteiger partial charge in [0, 0.05) is 49.9 Å². The minimum atomic E-state index is -1.63. The van der Waals surface area contributed by atoms with Gasteiger partial charge in [0.2, 0.25) is 41.4 Å². The number of carbonyl (C=O) groups is 12. The quantitative estimate of drug-likeness (QED) is 0.0338. The Balaban J connectivity index is 1.85. The van der Waals surface area contributed by atoms with E-state index >= 15 is 0 Å². The first-order chi connectivity index (χ1) is 41.6. The van der Waals surface area contributed by atoms with Gasteiger partial charge in [0.25, 0.3) is 0 Å². The number of Topliss-reactive ketones (excluding diaryl/α,β-unsaturated/α-hetero) is 4. The van der Waals surface area contributed by atoms with Crippen molar-refractivity contribution in [2.45, 2.75) is 220 Å². The van der Waals surface area contributed by atoms with Gasteiger partial charge in [0.05, 0.1) is 49.3 Å². The van der Waals surface area contributed by atoms with E-state index in [4.69, 9.17) is 16.2 Å². The number of unbranched alkanes of at least 4 members (excludes halogenated alkanes) is 1. The summed E-state index contributed by atoms with van der Waals surface area (Å²) >= 11 is 0. The molecular formula is C64H101FN8O15. The van der Waals surface area contributed by atoms with E-state index in [1.165, 1.54) is 20.8 Å². The molecule has 24 heteroatoms. The third-order valence-corrected chi connectivity index (χ3v) is 17.8. The summed E-state index contributed by atoms with van der Waals surface area (Å²) in [5, 5.41) is 37.3. The molecule has 12 N–H and O–H groups in total. The molecule has 0 bridgehead atoms. The van der Waals surface area contributed by atoms with Gasteiger partial charge < -0.3 is 58.3 Å².